The Kier molecular flexibility index (Phi) is 6.40. The number of carboxylic acids is 1. The first kappa shape index (κ1) is 25.8. The van der Waals surface area contributed by atoms with Crippen LogP contribution in [-0.4, -0.2) is 64.9 Å². The summed E-state index contributed by atoms with van der Waals surface area (Å²) in [4.78, 5) is 56.1. The number of amides is 2. The molecule has 2 aromatic heterocycles. The van der Waals surface area contributed by atoms with Crippen molar-refractivity contribution in [1.82, 2.24) is 14.9 Å². The maximum atomic E-state index is 15.4. The van der Waals surface area contributed by atoms with Gasteiger partial charge in [-0.05, 0) is 55.0 Å². The first-order chi connectivity index (χ1) is 19.2. The smallest absolute Gasteiger partial charge is 0.414 e. The van der Waals surface area contributed by atoms with Crippen LogP contribution in [0.15, 0.2) is 35.3 Å². The Hall–Kier alpha value is -4.48. The number of rotatable bonds is 6. The summed E-state index contributed by atoms with van der Waals surface area (Å²) in [5, 5.41) is 12.1. The number of pyridine rings is 2. The topological polar surface area (TPSA) is 134 Å². The molecular formula is C28H28FN5O6. The summed E-state index contributed by atoms with van der Waals surface area (Å²) in [6, 6.07) is 6.92. The molecule has 12 heteroatoms. The van der Waals surface area contributed by atoms with Gasteiger partial charge in [0.2, 0.25) is 11.3 Å². The van der Waals surface area contributed by atoms with E-state index in [1.54, 1.807) is 9.47 Å². The maximum Gasteiger partial charge on any atom is 0.414 e. The number of aromatic nitrogens is 2. The Morgan fingerprint density at radius 2 is 1.90 bits per heavy atom. The molecule has 3 aromatic rings. The van der Waals surface area contributed by atoms with E-state index in [4.69, 9.17) is 4.74 Å². The van der Waals surface area contributed by atoms with Crippen LogP contribution in [0.25, 0.3) is 11.0 Å². The SMILES string of the molecule is CC(=O)NC[C@H]1CN(c2ccc3c(c2)CCN(c2nc4c(cc2F)c(=O)c(C(=O)O)cn4C2CC2)CC3)C(=O)O1. The molecule has 0 bridgehead atoms. The van der Waals surface area contributed by atoms with Gasteiger partial charge < -0.3 is 24.6 Å². The quantitative estimate of drug-likeness (QED) is 0.479. The molecule has 0 spiro atoms. The van der Waals surface area contributed by atoms with Gasteiger partial charge in [-0.1, -0.05) is 6.07 Å². The minimum atomic E-state index is -1.35. The first-order valence-electron chi connectivity index (χ1n) is 13.3. The molecule has 2 amide bonds. The van der Waals surface area contributed by atoms with Gasteiger partial charge in [-0.25, -0.2) is 19.0 Å². The Morgan fingerprint density at radius 1 is 1.15 bits per heavy atom. The van der Waals surface area contributed by atoms with E-state index in [1.807, 2.05) is 23.1 Å². The fraction of sp³-hybridized carbons (Fsp3) is 0.393. The zero-order chi connectivity index (χ0) is 28.1. The second-order valence-electron chi connectivity index (χ2n) is 10.5. The van der Waals surface area contributed by atoms with Crippen molar-refractivity contribution in [2.75, 3.05) is 36.0 Å². The number of carbonyl (C=O) groups is 3. The molecule has 1 atom stereocenters. The Balaban J connectivity index is 1.25. The molecule has 6 rings (SSSR count). The normalized spacial score (nSPS) is 18.9. The molecule has 1 aromatic carbocycles. The van der Waals surface area contributed by atoms with Crippen LogP contribution in [0.5, 0.6) is 0 Å². The van der Waals surface area contributed by atoms with Crippen molar-refractivity contribution in [2.24, 2.45) is 0 Å². The van der Waals surface area contributed by atoms with Crippen molar-refractivity contribution in [3.8, 4) is 0 Å². The Labute approximate surface area is 228 Å². The Bertz CT molecular complexity index is 1620. The van der Waals surface area contributed by atoms with E-state index in [0.29, 0.717) is 43.8 Å². The number of benzene rings is 1. The number of halogens is 1. The summed E-state index contributed by atoms with van der Waals surface area (Å²) in [5.41, 5.74) is 1.96. The molecule has 1 saturated carbocycles. The Morgan fingerprint density at radius 3 is 2.60 bits per heavy atom. The molecule has 1 saturated heterocycles. The molecule has 208 valence electrons. The molecule has 0 radical (unpaired) electrons. The molecule has 40 heavy (non-hydrogen) atoms. The molecule has 2 fully saturated rings. The van der Waals surface area contributed by atoms with Crippen molar-refractivity contribution >= 4 is 40.5 Å². The van der Waals surface area contributed by atoms with Crippen LogP contribution in [-0.2, 0) is 22.4 Å². The van der Waals surface area contributed by atoms with Crippen molar-refractivity contribution in [3.05, 3.63) is 63.2 Å². The highest BCUT2D eigenvalue weighted by Gasteiger charge is 2.33. The second-order valence-corrected chi connectivity index (χ2v) is 10.5. The minimum Gasteiger partial charge on any atom is -0.477 e. The molecule has 1 aliphatic carbocycles. The molecule has 4 heterocycles. The largest absolute Gasteiger partial charge is 0.477 e. The van der Waals surface area contributed by atoms with Crippen LogP contribution in [0.4, 0.5) is 20.7 Å². The molecular weight excluding hydrogens is 521 g/mol. The van der Waals surface area contributed by atoms with Gasteiger partial charge in [0.25, 0.3) is 0 Å². The lowest BCUT2D eigenvalue weighted by molar-refractivity contribution is -0.119. The van der Waals surface area contributed by atoms with Crippen molar-refractivity contribution in [3.63, 3.8) is 0 Å². The molecule has 3 aliphatic rings. The number of cyclic esters (lactones) is 1. The highest BCUT2D eigenvalue weighted by molar-refractivity contribution is 5.92. The van der Waals surface area contributed by atoms with E-state index in [0.717, 1.165) is 30.0 Å². The number of anilines is 2. The number of carbonyl (C=O) groups excluding carboxylic acids is 2. The van der Waals surface area contributed by atoms with E-state index in [2.05, 4.69) is 10.3 Å². The van der Waals surface area contributed by atoms with Crippen LogP contribution in [0.3, 0.4) is 0 Å². The van der Waals surface area contributed by atoms with Gasteiger partial charge in [0.1, 0.15) is 17.3 Å². The van der Waals surface area contributed by atoms with Crippen molar-refractivity contribution in [1.29, 1.82) is 0 Å². The number of hydrogen-bond acceptors (Lipinski definition) is 7. The number of aromatic carboxylic acids is 1. The highest BCUT2D eigenvalue weighted by Crippen LogP contribution is 2.37. The number of ether oxygens (including phenoxy) is 1. The average Bonchev–Trinajstić information content (AvgIpc) is 3.72. The monoisotopic (exact) mass is 549 g/mol. The van der Waals surface area contributed by atoms with E-state index < -0.39 is 35.0 Å². The molecule has 0 unspecified atom stereocenters. The third-order valence-corrected chi connectivity index (χ3v) is 7.67. The number of hydrogen-bond donors (Lipinski definition) is 2. The average molecular weight is 550 g/mol. The molecule has 2 N–H and O–H groups in total. The van der Waals surface area contributed by atoms with Crippen LogP contribution in [0.1, 0.15) is 47.3 Å². The fourth-order valence-corrected chi connectivity index (χ4v) is 5.43. The van der Waals surface area contributed by atoms with Gasteiger partial charge in [-0.15, -0.1) is 0 Å². The number of carboxylic acid groups (broad SMARTS) is 1. The van der Waals surface area contributed by atoms with E-state index in [1.165, 1.54) is 13.1 Å². The predicted octanol–water partition coefficient (Wildman–Crippen LogP) is 2.64. The van der Waals surface area contributed by atoms with Gasteiger partial charge in [0, 0.05) is 37.9 Å². The predicted molar refractivity (Wildman–Crippen MR) is 144 cm³/mol. The zero-order valence-corrected chi connectivity index (χ0v) is 21.9. The van der Waals surface area contributed by atoms with Gasteiger partial charge in [-0.2, -0.15) is 0 Å². The van der Waals surface area contributed by atoms with E-state index in [-0.39, 0.29) is 29.7 Å². The summed E-state index contributed by atoms with van der Waals surface area (Å²) >= 11 is 0. The zero-order valence-electron chi connectivity index (χ0n) is 21.9. The van der Waals surface area contributed by atoms with E-state index in [9.17, 15) is 24.3 Å². The third kappa shape index (κ3) is 4.74. The minimum absolute atomic E-state index is 0.0361. The standard InChI is InChI=1S/C28H28FN5O6/c1-15(35)30-12-20-13-34(28(39)40-20)19-3-2-16-6-8-32(9-7-17(16)10-19)26-23(29)11-21-24(36)22(27(37)38)14-33(18-4-5-18)25(21)31-26/h2-3,10-11,14,18,20H,4-9,12-13H2,1H3,(H,30,35)(H,37,38)/t20-/m0/s1. The summed E-state index contributed by atoms with van der Waals surface area (Å²) in [5.74, 6) is -2.09. The fourth-order valence-electron chi connectivity index (χ4n) is 5.43. The number of fused-ring (bicyclic) bond motifs is 2. The lowest BCUT2D eigenvalue weighted by atomic mass is 10.0. The molecule has 2 aliphatic heterocycles. The number of nitrogens with one attached hydrogen (secondary N) is 1. The van der Waals surface area contributed by atoms with Crippen molar-refractivity contribution < 1.29 is 28.6 Å². The van der Waals surface area contributed by atoms with Crippen molar-refractivity contribution in [2.45, 2.75) is 44.8 Å². The van der Waals surface area contributed by atoms with Crippen LogP contribution < -0.4 is 20.5 Å². The van der Waals surface area contributed by atoms with Crippen LogP contribution in [0, 0.1) is 5.82 Å². The summed E-state index contributed by atoms with van der Waals surface area (Å²) in [6.45, 7) is 2.93. The lowest BCUT2D eigenvalue weighted by Crippen LogP contribution is -2.33. The third-order valence-electron chi connectivity index (χ3n) is 7.67. The van der Waals surface area contributed by atoms with Gasteiger partial charge in [0.05, 0.1) is 18.5 Å². The number of nitrogens with zero attached hydrogens (tertiary/aromatic N) is 4. The van der Waals surface area contributed by atoms with Gasteiger partial charge in [-0.3, -0.25) is 14.5 Å². The molecule has 11 nitrogen and oxygen atoms in total. The highest BCUT2D eigenvalue weighted by atomic mass is 19.1. The van der Waals surface area contributed by atoms with Crippen LogP contribution in [0.2, 0.25) is 0 Å². The maximum absolute atomic E-state index is 15.4. The lowest BCUT2D eigenvalue weighted by Gasteiger charge is -2.23. The first-order valence-corrected chi connectivity index (χ1v) is 13.3. The summed E-state index contributed by atoms with van der Waals surface area (Å²) < 4.78 is 22.5. The van der Waals surface area contributed by atoms with Gasteiger partial charge >= 0.3 is 12.1 Å². The van der Waals surface area contributed by atoms with E-state index >= 15 is 4.39 Å². The van der Waals surface area contributed by atoms with Gasteiger partial charge in [0.15, 0.2) is 11.6 Å². The second kappa shape index (κ2) is 9.92. The summed E-state index contributed by atoms with van der Waals surface area (Å²) in [6.07, 6.45) is 3.29. The summed E-state index contributed by atoms with van der Waals surface area (Å²) in [7, 11) is 0. The van der Waals surface area contributed by atoms with Crippen LogP contribution >= 0.6 is 0 Å².